The molecule has 0 bridgehead atoms. The number of alkyl halides is 3. The lowest BCUT2D eigenvalue weighted by atomic mass is 10.2. The van der Waals surface area contributed by atoms with Crippen LogP contribution in [0, 0.1) is 0 Å². The molecular weight excluding hydrogens is 271 g/mol. The fraction of sp³-hybridized carbons (Fsp3) is 0.462. The van der Waals surface area contributed by atoms with E-state index in [2.05, 4.69) is 10.3 Å². The van der Waals surface area contributed by atoms with Crippen molar-refractivity contribution in [1.82, 2.24) is 5.32 Å². The van der Waals surface area contributed by atoms with Crippen molar-refractivity contribution in [3.8, 4) is 5.75 Å². The van der Waals surface area contributed by atoms with Crippen molar-refractivity contribution in [2.45, 2.75) is 26.1 Å². The third-order valence-corrected chi connectivity index (χ3v) is 2.34. The monoisotopic (exact) mass is 289 g/mol. The highest BCUT2D eigenvalue weighted by molar-refractivity contribution is 5.77. The minimum atomic E-state index is -4.36. The Kier molecular flexibility index (Phi) is 6.14. The molecule has 0 atom stereocenters. The van der Waals surface area contributed by atoms with Crippen LogP contribution in [0.2, 0.25) is 0 Å². The Morgan fingerprint density at radius 1 is 1.35 bits per heavy atom. The van der Waals surface area contributed by atoms with Gasteiger partial charge in [0.1, 0.15) is 5.75 Å². The van der Waals surface area contributed by atoms with Gasteiger partial charge in [-0.15, -0.1) is 0 Å². The molecule has 3 N–H and O–H groups in total. The van der Waals surface area contributed by atoms with Gasteiger partial charge < -0.3 is 15.8 Å². The quantitative estimate of drug-likeness (QED) is 0.624. The molecule has 1 aromatic rings. The molecule has 1 aromatic carbocycles. The van der Waals surface area contributed by atoms with Gasteiger partial charge in [0.25, 0.3) is 0 Å². The maximum Gasteiger partial charge on any atom is 0.422 e. The van der Waals surface area contributed by atoms with Gasteiger partial charge >= 0.3 is 6.18 Å². The highest BCUT2D eigenvalue weighted by atomic mass is 19.4. The summed E-state index contributed by atoms with van der Waals surface area (Å²) in [5.74, 6) is 0.425. The summed E-state index contributed by atoms with van der Waals surface area (Å²) in [7, 11) is 0. The van der Waals surface area contributed by atoms with Gasteiger partial charge in [0.2, 0.25) is 0 Å². The van der Waals surface area contributed by atoms with Crippen LogP contribution in [-0.2, 0) is 6.54 Å². The second kappa shape index (κ2) is 7.62. The Bertz CT molecular complexity index is 447. The molecule has 0 aliphatic heterocycles. The number of aliphatic imine (C=N–C) groups is 1. The molecule has 112 valence electrons. The van der Waals surface area contributed by atoms with Crippen molar-refractivity contribution in [1.29, 1.82) is 0 Å². The minimum absolute atomic E-state index is 0.163. The lowest BCUT2D eigenvalue weighted by Crippen LogP contribution is -2.32. The van der Waals surface area contributed by atoms with Gasteiger partial charge in [-0.05, 0) is 12.5 Å². The summed E-state index contributed by atoms with van der Waals surface area (Å²) >= 11 is 0. The molecule has 0 amide bonds. The average molecular weight is 289 g/mol. The van der Waals surface area contributed by atoms with Crippen LogP contribution in [-0.4, -0.2) is 25.3 Å². The first-order valence-corrected chi connectivity index (χ1v) is 6.23. The number of para-hydroxylation sites is 1. The van der Waals surface area contributed by atoms with E-state index in [1.807, 2.05) is 6.92 Å². The van der Waals surface area contributed by atoms with Crippen LogP contribution in [0.1, 0.15) is 18.9 Å². The van der Waals surface area contributed by atoms with E-state index in [9.17, 15) is 13.2 Å². The Balaban J connectivity index is 2.65. The Morgan fingerprint density at radius 3 is 2.70 bits per heavy atom. The molecule has 0 heterocycles. The van der Waals surface area contributed by atoms with Crippen LogP contribution in [0.5, 0.6) is 5.75 Å². The van der Waals surface area contributed by atoms with Crippen molar-refractivity contribution in [3.05, 3.63) is 29.8 Å². The third kappa shape index (κ3) is 6.31. The molecule has 0 fully saturated rings. The Morgan fingerprint density at radius 2 is 2.05 bits per heavy atom. The predicted octanol–water partition coefficient (Wildman–Crippen LogP) is 2.44. The Labute approximate surface area is 115 Å². The number of nitrogens with zero attached hydrogens (tertiary/aromatic N) is 1. The van der Waals surface area contributed by atoms with Crippen LogP contribution < -0.4 is 15.8 Å². The van der Waals surface area contributed by atoms with E-state index in [1.54, 1.807) is 18.2 Å². The summed E-state index contributed by atoms with van der Waals surface area (Å²) in [6.45, 7) is 1.52. The zero-order chi connectivity index (χ0) is 15.0. The van der Waals surface area contributed by atoms with Crippen molar-refractivity contribution in [3.63, 3.8) is 0 Å². The highest BCUT2D eigenvalue weighted by Gasteiger charge is 2.28. The molecule has 1 rings (SSSR count). The molecule has 0 aliphatic carbocycles. The van der Waals surface area contributed by atoms with E-state index in [-0.39, 0.29) is 18.3 Å². The summed E-state index contributed by atoms with van der Waals surface area (Å²) < 4.78 is 41.2. The zero-order valence-electron chi connectivity index (χ0n) is 11.2. The molecule has 0 saturated heterocycles. The maximum absolute atomic E-state index is 12.1. The van der Waals surface area contributed by atoms with Crippen LogP contribution in [0.3, 0.4) is 0 Å². The number of rotatable bonds is 6. The van der Waals surface area contributed by atoms with Crippen LogP contribution in [0.4, 0.5) is 13.2 Å². The highest BCUT2D eigenvalue weighted by Crippen LogP contribution is 2.22. The summed E-state index contributed by atoms with van der Waals surface area (Å²) in [4.78, 5) is 4.06. The molecular formula is C13H18F3N3O. The van der Waals surface area contributed by atoms with E-state index in [1.165, 1.54) is 6.07 Å². The lowest BCUT2D eigenvalue weighted by Gasteiger charge is -2.12. The molecule has 20 heavy (non-hydrogen) atoms. The van der Waals surface area contributed by atoms with Gasteiger partial charge in [0, 0.05) is 12.1 Å². The molecule has 0 spiro atoms. The van der Waals surface area contributed by atoms with Gasteiger partial charge in [-0.1, -0.05) is 25.1 Å². The predicted molar refractivity (Wildman–Crippen MR) is 71.6 cm³/mol. The van der Waals surface area contributed by atoms with Crippen molar-refractivity contribution >= 4 is 5.96 Å². The Hall–Kier alpha value is -1.92. The first-order valence-electron chi connectivity index (χ1n) is 6.23. The number of hydrogen-bond donors (Lipinski definition) is 2. The van der Waals surface area contributed by atoms with Crippen molar-refractivity contribution in [2.24, 2.45) is 10.7 Å². The standard InChI is InChI=1S/C13H18F3N3O/c1-2-7-18-12(17)19-8-10-5-3-4-6-11(10)20-9-13(14,15)16/h3-6H,2,7-9H2,1H3,(H3,17,18,19). The van der Waals surface area contributed by atoms with Gasteiger partial charge in [-0.2, -0.15) is 13.2 Å². The number of nitrogens with two attached hydrogens (primary N) is 1. The van der Waals surface area contributed by atoms with Crippen molar-refractivity contribution < 1.29 is 17.9 Å². The fourth-order valence-electron chi connectivity index (χ4n) is 1.41. The van der Waals surface area contributed by atoms with E-state index in [0.29, 0.717) is 12.1 Å². The summed E-state index contributed by atoms with van der Waals surface area (Å²) in [5, 5.41) is 2.89. The first-order chi connectivity index (χ1) is 9.42. The van der Waals surface area contributed by atoms with E-state index in [4.69, 9.17) is 10.5 Å². The van der Waals surface area contributed by atoms with Gasteiger partial charge in [-0.25, -0.2) is 4.99 Å². The number of guanidine groups is 1. The second-order valence-electron chi connectivity index (χ2n) is 4.14. The molecule has 7 heteroatoms. The summed E-state index contributed by atoms with van der Waals surface area (Å²) in [6.07, 6.45) is -3.46. The summed E-state index contributed by atoms with van der Waals surface area (Å²) in [5.41, 5.74) is 6.17. The molecule has 0 saturated carbocycles. The molecule has 4 nitrogen and oxygen atoms in total. The van der Waals surface area contributed by atoms with Crippen molar-refractivity contribution in [2.75, 3.05) is 13.2 Å². The van der Waals surface area contributed by atoms with Gasteiger partial charge in [0.15, 0.2) is 12.6 Å². The minimum Gasteiger partial charge on any atom is -0.484 e. The second-order valence-corrected chi connectivity index (χ2v) is 4.14. The fourth-order valence-corrected chi connectivity index (χ4v) is 1.41. The molecule has 0 unspecified atom stereocenters. The SMILES string of the molecule is CCCNC(N)=NCc1ccccc1OCC(F)(F)F. The number of ether oxygens (including phenoxy) is 1. The maximum atomic E-state index is 12.1. The topological polar surface area (TPSA) is 59.6 Å². The lowest BCUT2D eigenvalue weighted by molar-refractivity contribution is -0.153. The van der Waals surface area contributed by atoms with Crippen LogP contribution in [0.25, 0.3) is 0 Å². The zero-order valence-corrected chi connectivity index (χ0v) is 11.2. The average Bonchev–Trinajstić information content (AvgIpc) is 2.40. The van der Waals surface area contributed by atoms with Crippen LogP contribution in [0.15, 0.2) is 29.3 Å². The third-order valence-electron chi connectivity index (χ3n) is 2.34. The number of halogens is 3. The largest absolute Gasteiger partial charge is 0.484 e. The van der Waals surface area contributed by atoms with E-state index >= 15 is 0 Å². The molecule has 0 aromatic heterocycles. The van der Waals surface area contributed by atoms with Gasteiger partial charge in [0.05, 0.1) is 6.54 Å². The number of nitrogens with one attached hydrogen (secondary N) is 1. The van der Waals surface area contributed by atoms with Crippen LogP contribution >= 0.6 is 0 Å². The van der Waals surface area contributed by atoms with E-state index in [0.717, 1.165) is 6.42 Å². The normalized spacial score (nSPS) is 12.3. The van der Waals surface area contributed by atoms with E-state index < -0.39 is 12.8 Å². The first kappa shape index (κ1) is 16.1. The molecule has 0 aliphatic rings. The number of hydrogen-bond acceptors (Lipinski definition) is 2. The van der Waals surface area contributed by atoms with Gasteiger partial charge in [-0.3, -0.25) is 0 Å². The number of benzene rings is 1. The summed E-state index contributed by atoms with van der Waals surface area (Å²) in [6, 6.07) is 6.45. The molecule has 0 radical (unpaired) electrons. The smallest absolute Gasteiger partial charge is 0.422 e.